The van der Waals surface area contributed by atoms with Crippen LogP contribution in [0.1, 0.15) is 39.5 Å². The Hall–Kier alpha value is -0.570. The van der Waals surface area contributed by atoms with E-state index in [1.165, 1.54) is 26.4 Å². The number of methoxy groups -OCH3 is 1. The van der Waals surface area contributed by atoms with Gasteiger partial charge in [0.05, 0.1) is 7.11 Å². The predicted octanol–water partition coefficient (Wildman–Crippen LogP) is 1.96. The Morgan fingerprint density at radius 3 is 2.69 bits per heavy atom. The van der Waals surface area contributed by atoms with Crippen molar-refractivity contribution in [3.8, 4) is 0 Å². The van der Waals surface area contributed by atoms with Crippen molar-refractivity contribution in [3.05, 3.63) is 0 Å². The summed E-state index contributed by atoms with van der Waals surface area (Å²) in [4.78, 5) is 12.1. The maximum Gasteiger partial charge on any atom is 0.326 e. The van der Waals surface area contributed by atoms with E-state index in [1.54, 1.807) is 0 Å². The highest BCUT2D eigenvalue weighted by atomic mass is 16.5. The van der Waals surface area contributed by atoms with Crippen LogP contribution in [0.5, 0.6) is 0 Å². The fourth-order valence-electron chi connectivity index (χ4n) is 3.44. The summed E-state index contributed by atoms with van der Waals surface area (Å²) in [5.41, 5.74) is -0.359. The molecule has 0 spiro atoms. The summed E-state index contributed by atoms with van der Waals surface area (Å²) in [6.45, 7) is 5.24. The van der Waals surface area contributed by atoms with E-state index in [9.17, 15) is 4.79 Å². The summed E-state index contributed by atoms with van der Waals surface area (Å²) in [5, 5.41) is 3.50. The van der Waals surface area contributed by atoms with Gasteiger partial charge in [0.15, 0.2) is 0 Å². The summed E-state index contributed by atoms with van der Waals surface area (Å²) < 4.78 is 5.02. The van der Waals surface area contributed by atoms with E-state index in [-0.39, 0.29) is 11.5 Å². The maximum atomic E-state index is 12.1. The second-order valence-corrected chi connectivity index (χ2v) is 5.82. The van der Waals surface area contributed by atoms with Gasteiger partial charge in [-0.25, -0.2) is 0 Å². The maximum absolute atomic E-state index is 12.1. The molecule has 3 nitrogen and oxygen atoms in total. The van der Waals surface area contributed by atoms with Gasteiger partial charge >= 0.3 is 5.97 Å². The van der Waals surface area contributed by atoms with Gasteiger partial charge in [0.2, 0.25) is 0 Å². The van der Waals surface area contributed by atoms with E-state index in [0.717, 1.165) is 18.9 Å². The zero-order chi connectivity index (χ0) is 11.8. The van der Waals surface area contributed by atoms with Crippen molar-refractivity contribution in [2.75, 3.05) is 13.7 Å². The van der Waals surface area contributed by atoms with E-state index >= 15 is 0 Å². The zero-order valence-electron chi connectivity index (χ0n) is 10.6. The molecule has 92 valence electrons. The minimum absolute atomic E-state index is 0.0413. The Balaban J connectivity index is 2.11. The van der Waals surface area contributed by atoms with Crippen LogP contribution in [0.4, 0.5) is 0 Å². The average Bonchev–Trinajstić information content (AvgIpc) is 2.85. The molecular formula is C13H23NO2. The number of carbonyl (C=O) groups is 1. The number of fused-ring (bicyclic) bond motifs is 2. The highest BCUT2D eigenvalue weighted by Crippen LogP contribution is 2.51. The quantitative estimate of drug-likeness (QED) is 0.743. The number of hydrogen-bond donors (Lipinski definition) is 1. The molecule has 0 aromatic carbocycles. The Morgan fingerprint density at radius 1 is 1.50 bits per heavy atom. The molecule has 1 N–H and O–H groups in total. The van der Waals surface area contributed by atoms with Crippen molar-refractivity contribution in [2.45, 2.75) is 45.1 Å². The van der Waals surface area contributed by atoms with Gasteiger partial charge < -0.3 is 10.1 Å². The van der Waals surface area contributed by atoms with Crippen LogP contribution in [0.15, 0.2) is 0 Å². The lowest BCUT2D eigenvalue weighted by molar-refractivity contribution is -0.151. The van der Waals surface area contributed by atoms with E-state index in [4.69, 9.17) is 4.74 Å². The van der Waals surface area contributed by atoms with Crippen LogP contribution in [0.25, 0.3) is 0 Å². The molecule has 0 aromatic heterocycles. The smallest absolute Gasteiger partial charge is 0.326 e. The van der Waals surface area contributed by atoms with Crippen molar-refractivity contribution >= 4 is 5.97 Å². The first-order valence-electron chi connectivity index (χ1n) is 6.42. The van der Waals surface area contributed by atoms with Crippen molar-refractivity contribution in [2.24, 2.45) is 17.8 Å². The summed E-state index contributed by atoms with van der Waals surface area (Å²) in [7, 11) is 1.51. The van der Waals surface area contributed by atoms with Crippen LogP contribution in [-0.4, -0.2) is 25.2 Å². The summed E-state index contributed by atoms with van der Waals surface area (Å²) in [6.07, 6.45) is 4.68. The summed E-state index contributed by atoms with van der Waals surface area (Å²) in [5.74, 6) is 1.77. The highest BCUT2D eigenvalue weighted by molar-refractivity contribution is 5.82. The van der Waals surface area contributed by atoms with Crippen molar-refractivity contribution in [1.82, 2.24) is 5.32 Å². The number of rotatable bonds is 4. The van der Waals surface area contributed by atoms with Crippen LogP contribution in [0.2, 0.25) is 0 Å². The van der Waals surface area contributed by atoms with Gasteiger partial charge in [0.1, 0.15) is 5.54 Å². The molecule has 0 aliphatic heterocycles. The number of ether oxygens (including phenoxy) is 1. The Morgan fingerprint density at radius 2 is 2.25 bits per heavy atom. The molecule has 2 saturated carbocycles. The van der Waals surface area contributed by atoms with Crippen LogP contribution in [-0.2, 0) is 9.53 Å². The van der Waals surface area contributed by atoms with Crippen molar-refractivity contribution < 1.29 is 9.53 Å². The number of carbonyl (C=O) groups excluding carboxylic acids is 1. The fourth-order valence-corrected chi connectivity index (χ4v) is 3.44. The normalized spacial score (nSPS) is 37.0. The van der Waals surface area contributed by atoms with Gasteiger partial charge in [-0.05, 0) is 43.6 Å². The Labute approximate surface area is 97.9 Å². The monoisotopic (exact) mass is 225 g/mol. The molecule has 2 aliphatic carbocycles. The summed E-state index contributed by atoms with van der Waals surface area (Å²) >= 11 is 0. The molecule has 0 heterocycles. The first-order valence-corrected chi connectivity index (χ1v) is 6.42. The first kappa shape index (κ1) is 11.9. The second-order valence-electron chi connectivity index (χ2n) is 5.82. The molecule has 3 heteroatoms. The number of hydrogen-bond acceptors (Lipinski definition) is 3. The molecule has 0 saturated heterocycles. The molecule has 0 amide bonds. The lowest BCUT2D eigenvalue weighted by atomic mass is 9.80. The minimum Gasteiger partial charge on any atom is -0.468 e. The number of esters is 1. The van der Waals surface area contributed by atoms with Crippen LogP contribution >= 0.6 is 0 Å². The topological polar surface area (TPSA) is 38.3 Å². The molecular weight excluding hydrogens is 202 g/mol. The predicted molar refractivity (Wildman–Crippen MR) is 63.0 cm³/mol. The molecule has 2 bridgehead atoms. The van der Waals surface area contributed by atoms with Crippen LogP contribution in [0, 0.1) is 17.8 Å². The summed E-state index contributed by atoms with van der Waals surface area (Å²) in [6, 6.07) is 0. The molecule has 2 rings (SSSR count). The minimum atomic E-state index is -0.359. The standard InChI is InChI=1S/C13H23NO2/c1-9(2)8-14-13(12(15)16-3)7-10-4-5-11(13)6-10/h9-11,14H,4-8H2,1-3H3. The van der Waals surface area contributed by atoms with Crippen molar-refractivity contribution in [1.29, 1.82) is 0 Å². The van der Waals surface area contributed by atoms with E-state index < -0.39 is 0 Å². The van der Waals surface area contributed by atoms with Crippen LogP contribution < -0.4 is 5.32 Å². The zero-order valence-corrected chi connectivity index (χ0v) is 10.6. The fraction of sp³-hybridized carbons (Fsp3) is 0.923. The van der Waals surface area contributed by atoms with Crippen molar-refractivity contribution in [3.63, 3.8) is 0 Å². The average molecular weight is 225 g/mol. The number of nitrogens with one attached hydrogen (secondary N) is 1. The third kappa shape index (κ3) is 1.86. The molecule has 2 aliphatic rings. The Kier molecular flexibility index (Phi) is 3.24. The van der Waals surface area contributed by atoms with E-state index in [0.29, 0.717) is 11.8 Å². The van der Waals surface area contributed by atoms with Gasteiger partial charge in [-0.2, -0.15) is 0 Å². The van der Waals surface area contributed by atoms with E-state index in [1.807, 2.05) is 0 Å². The third-order valence-electron chi connectivity index (χ3n) is 4.22. The van der Waals surface area contributed by atoms with E-state index in [2.05, 4.69) is 19.2 Å². The lowest BCUT2D eigenvalue weighted by Gasteiger charge is -2.36. The Bertz CT molecular complexity index is 277. The molecule has 16 heavy (non-hydrogen) atoms. The van der Waals surface area contributed by atoms with Gasteiger partial charge in [-0.3, -0.25) is 4.79 Å². The largest absolute Gasteiger partial charge is 0.468 e. The highest BCUT2D eigenvalue weighted by Gasteiger charge is 2.56. The SMILES string of the molecule is COC(=O)C1(NCC(C)C)CC2CCC1C2. The lowest BCUT2D eigenvalue weighted by Crippen LogP contribution is -2.57. The van der Waals surface area contributed by atoms with Gasteiger partial charge in [0, 0.05) is 0 Å². The van der Waals surface area contributed by atoms with Crippen LogP contribution in [0.3, 0.4) is 0 Å². The second kappa shape index (κ2) is 4.36. The van der Waals surface area contributed by atoms with Gasteiger partial charge in [-0.1, -0.05) is 20.3 Å². The third-order valence-corrected chi connectivity index (χ3v) is 4.22. The molecule has 3 atom stereocenters. The molecule has 0 radical (unpaired) electrons. The first-order chi connectivity index (χ1) is 7.58. The molecule has 0 aromatic rings. The van der Waals surface area contributed by atoms with Gasteiger partial charge in [-0.15, -0.1) is 0 Å². The molecule has 2 fully saturated rings. The van der Waals surface area contributed by atoms with Gasteiger partial charge in [0.25, 0.3) is 0 Å². The molecule has 3 unspecified atom stereocenters.